The molecule has 1 aromatic carbocycles. The first-order valence-corrected chi connectivity index (χ1v) is 7.69. The molecule has 0 radical (unpaired) electrons. The summed E-state index contributed by atoms with van der Waals surface area (Å²) in [6, 6.07) is 7.73. The molecule has 116 valence electrons. The minimum atomic E-state index is 0.197. The van der Waals surface area contributed by atoms with E-state index in [4.69, 9.17) is 9.47 Å². The second kappa shape index (κ2) is 7.22. The third-order valence-electron chi connectivity index (χ3n) is 3.78. The van der Waals surface area contributed by atoms with Crippen LogP contribution in [0.2, 0.25) is 0 Å². The van der Waals surface area contributed by atoms with Gasteiger partial charge in [0.15, 0.2) is 11.6 Å². The van der Waals surface area contributed by atoms with Crippen molar-refractivity contribution in [1.29, 1.82) is 0 Å². The largest absolute Gasteiger partial charge is 0.496 e. The topological polar surface area (TPSA) is 56.3 Å². The minimum absolute atomic E-state index is 0.197. The van der Waals surface area contributed by atoms with Gasteiger partial charge in [0, 0.05) is 6.54 Å². The first-order valence-electron chi connectivity index (χ1n) is 7.69. The molecule has 5 nitrogen and oxygen atoms in total. The maximum absolute atomic E-state index is 5.96. The van der Waals surface area contributed by atoms with Crippen LogP contribution in [0.15, 0.2) is 36.7 Å². The Balaban J connectivity index is 1.72. The molecule has 5 heteroatoms. The van der Waals surface area contributed by atoms with Crippen molar-refractivity contribution in [3.8, 4) is 22.9 Å². The summed E-state index contributed by atoms with van der Waals surface area (Å²) >= 11 is 0. The van der Waals surface area contributed by atoms with Crippen LogP contribution in [-0.2, 0) is 0 Å². The van der Waals surface area contributed by atoms with Crippen LogP contribution >= 0.6 is 0 Å². The van der Waals surface area contributed by atoms with Crippen molar-refractivity contribution in [2.75, 3.05) is 20.2 Å². The molecule has 0 aliphatic carbocycles. The molecule has 1 saturated heterocycles. The number of para-hydroxylation sites is 1. The van der Waals surface area contributed by atoms with E-state index in [1.54, 1.807) is 19.5 Å². The third-order valence-corrected chi connectivity index (χ3v) is 3.78. The zero-order chi connectivity index (χ0) is 15.2. The molecule has 2 heterocycles. The molecule has 1 fully saturated rings. The Morgan fingerprint density at radius 3 is 2.77 bits per heavy atom. The van der Waals surface area contributed by atoms with Crippen molar-refractivity contribution >= 4 is 0 Å². The van der Waals surface area contributed by atoms with Crippen LogP contribution in [0.5, 0.6) is 11.5 Å². The maximum atomic E-state index is 5.96. The number of nitrogens with one attached hydrogen (secondary N) is 1. The number of benzene rings is 1. The van der Waals surface area contributed by atoms with E-state index >= 15 is 0 Å². The highest BCUT2D eigenvalue weighted by molar-refractivity contribution is 5.63. The van der Waals surface area contributed by atoms with Crippen LogP contribution in [0, 0.1) is 0 Å². The average Bonchev–Trinajstić information content (AvgIpc) is 2.84. The molecule has 1 atom stereocenters. The van der Waals surface area contributed by atoms with Crippen LogP contribution < -0.4 is 14.8 Å². The van der Waals surface area contributed by atoms with E-state index in [1.807, 2.05) is 24.3 Å². The van der Waals surface area contributed by atoms with Gasteiger partial charge in [-0.3, -0.25) is 0 Å². The number of hydrogen-bond acceptors (Lipinski definition) is 5. The van der Waals surface area contributed by atoms with Gasteiger partial charge in [0.25, 0.3) is 0 Å². The molecule has 0 amide bonds. The summed E-state index contributed by atoms with van der Waals surface area (Å²) in [6.07, 6.45) is 7.14. The lowest BCUT2D eigenvalue weighted by Gasteiger charge is -2.16. The van der Waals surface area contributed by atoms with Crippen molar-refractivity contribution in [3.63, 3.8) is 0 Å². The van der Waals surface area contributed by atoms with Crippen molar-refractivity contribution in [2.45, 2.75) is 25.4 Å². The molecular formula is C17H21N3O2. The molecule has 3 rings (SSSR count). The molecule has 1 aliphatic rings. The number of methoxy groups -OCH3 is 1. The lowest BCUT2D eigenvalue weighted by Crippen LogP contribution is -2.29. The number of hydrogen-bond donors (Lipinski definition) is 1. The van der Waals surface area contributed by atoms with Gasteiger partial charge in [-0.25, -0.2) is 9.97 Å². The fourth-order valence-electron chi connectivity index (χ4n) is 2.63. The third kappa shape index (κ3) is 3.54. The molecule has 22 heavy (non-hydrogen) atoms. The second-order valence-corrected chi connectivity index (χ2v) is 5.38. The number of rotatable bonds is 4. The molecule has 0 saturated carbocycles. The van der Waals surface area contributed by atoms with Crippen LogP contribution in [0.1, 0.15) is 19.3 Å². The SMILES string of the molecule is COc1ccccc1-c1ncc(OC2CCCCNC2)cn1. The van der Waals surface area contributed by atoms with Gasteiger partial charge in [-0.15, -0.1) is 0 Å². The van der Waals surface area contributed by atoms with E-state index in [0.717, 1.165) is 30.8 Å². The van der Waals surface area contributed by atoms with Crippen LogP contribution in [0.3, 0.4) is 0 Å². The zero-order valence-corrected chi connectivity index (χ0v) is 12.8. The zero-order valence-electron chi connectivity index (χ0n) is 12.8. The Hall–Kier alpha value is -2.14. The molecule has 1 N–H and O–H groups in total. The van der Waals surface area contributed by atoms with Crippen LogP contribution in [0.25, 0.3) is 11.4 Å². The molecule has 1 aliphatic heterocycles. The van der Waals surface area contributed by atoms with Crippen molar-refractivity contribution in [1.82, 2.24) is 15.3 Å². The number of aromatic nitrogens is 2. The summed E-state index contributed by atoms with van der Waals surface area (Å²) in [7, 11) is 1.65. The first-order chi connectivity index (χ1) is 10.9. The van der Waals surface area contributed by atoms with Gasteiger partial charge in [0.05, 0.1) is 25.1 Å². The van der Waals surface area contributed by atoms with E-state index < -0.39 is 0 Å². The molecule has 1 aromatic heterocycles. The standard InChI is InChI=1S/C17H21N3O2/c1-21-16-8-3-2-7-15(16)17-19-11-14(12-20-17)22-13-6-4-5-9-18-10-13/h2-3,7-8,11-13,18H,4-6,9-10H2,1H3. The second-order valence-electron chi connectivity index (χ2n) is 5.38. The van der Waals surface area contributed by atoms with Gasteiger partial charge in [-0.2, -0.15) is 0 Å². The molecule has 0 bridgehead atoms. The number of nitrogens with zero attached hydrogens (tertiary/aromatic N) is 2. The fraction of sp³-hybridized carbons (Fsp3) is 0.412. The highest BCUT2D eigenvalue weighted by Crippen LogP contribution is 2.27. The first kappa shape index (κ1) is 14.8. The Morgan fingerprint density at radius 1 is 1.14 bits per heavy atom. The van der Waals surface area contributed by atoms with E-state index in [9.17, 15) is 0 Å². The normalized spacial score (nSPS) is 18.5. The molecule has 0 spiro atoms. The lowest BCUT2D eigenvalue weighted by molar-refractivity contribution is 0.193. The highest BCUT2D eigenvalue weighted by Gasteiger charge is 2.14. The predicted molar refractivity (Wildman–Crippen MR) is 85.2 cm³/mol. The predicted octanol–water partition coefficient (Wildman–Crippen LogP) is 2.67. The quantitative estimate of drug-likeness (QED) is 0.940. The molecule has 1 unspecified atom stereocenters. The van der Waals surface area contributed by atoms with Gasteiger partial charge in [0.2, 0.25) is 0 Å². The summed E-state index contributed by atoms with van der Waals surface area (Å²) in [5, 5.41) is 3.39. The Kier molecular flexibility index (Phi) is 4.85. The monoisotopic (exact) mass is 299 g/mol. The van der Waals surface area contributed by atoms with Crippen LogP contribution in [-0.4, -0.2) is 36.3 Å². The lowest BCUT2D eigenvalue weighted by atomic mass is 10.2. The smallest absolute Gasteiger partial charge is 0.163 e. The van der Waals surface area contributed by atoms with E-state index in [-0.39, 0.29) is 6.10 Å². The molecular weight excluding hydrogens is 278 g/mol. The van der Waals surface area contributed by atoms with Crippen molar-refractivity contribution < 1.29 is 9.47 Å². The highest BCUT2D eigenvalue weighted by atomic mass is 16.5. The van der Waals surface area contributed by atoms with Gasteiger partial charge in [0.1, 0.15) is 11.9 Å². The summed E-state index contributed by atoms with van der Waals surface area (Å²) in [5.74, 6) is 2.13. The van der Waals surface area contributed by atoms with Gasteiger partial charge in [-0.1, -0.05) is 12.1 Å². The minimum Gasteiger partial charge on any atom is -0.496 e. The van der Waals surface area contributed by atoms with E-state index in [2.05, 4.69) is 15.3 Å². The van der Waals surface area contributed by atoms with E-state index in [0.29, 0.717) is 11.6 Å². The fourth-order valence-corrected chi connectivity index (χ4v) is 2.63. The van der Waals surface area contributed by atoms with Crippen molar-refractivity contribution in [3.05, 3.63) is 36.7 Å². The Morgan fingerprint density at radius 2 is 1.95 bits per heavy atom. The summed E-state index contributed by atoms with van der Waals surface area (Å²) < 4.78 is 11.3. The Bertz CT molecular complexity index is 593. The maximum Gasteiger partial charge on any atom is 0.163 e. The summed E-state index contributed by atoms with van der Waals surface area (Å²) in [4.78, 5) is 8.82. The van der Waals surface area contributed by atoms with Gasteiger partial charge in [-0.05, 0) is 37.9 Å². The Labute approximate surface area is 130 Å². The number of ether oxygens (including phenoxy) is 2. The summed E-state index contributed by atoms with van der Waals surface area (Å²) in [5.41, 5.74) is 0.882. The average molecular weight is 299 g/mol. The van der Waals surface area contributed by atoms with Gasteiger partial charge >= 0.3 is 0 Å². The van der Waals surface area contributed by atoms with Crippen LogP contribution in [0.4, 0.5) is 0 Å². The van der Waals surface area contributed by atoms with E-state index in [1.165, 1.54) is 12.8 Å². The van der Waals surface area contributed by atoms with Crippen molar-refractivity contribution in [2.24, 2.45) is 0 Å². The summed E-state index contributed by atoms with van der Waals surface area (Å²) in [6.45, 7) is 1.96. The molecule has 2 aromatic rings. The van der Waals surface area contributed by atoms with Gasteiger partial charge < -0.3 is 14.8 Å².